The highest BCUT2D eigenvalue weighted by Gasteiger charge is 2.06. The molecule has 0 aromatic carbocycles. The number of H-pyrrole nitrogens is 1. The number of carbonyl (C=O) groups excluding carboxylic acids is 1. The zero-order valence-corrected chi connectivity index (χ0v) is 10.5. The zero-order valence-electron chi connectivity index (χ0n) is 8.95. The Morgan fingerprint density at radius 1 is 1.59 bits per heavy atom. The van der Waals surface area contributed by atoms with Crippen LogP contribution >= 0.6 is 23.4 Å². The summed E-state index contributed by atoms with van der Waals surface area (Å²) in [5.41, 5.74) is 2.14. The number of nitrogens with one attached hydrogen (secondary N) is 1. The predicted octanol–water partition coefficient (Wildman–Crippen LogP) is 2.24. The largest absolute Gasteiger partial charge is 0.356 e. The van der Waals surface area contributed by atoms with Crippen LogP contribution in [0.25, 0.3) is 11.0 Å². The van der Waals surface area contributed by atoms with Crippen LogP contribution in [0.15, 0.2) is 12.5 Å². The number of thioether (sulfide) groups is 1. The van der Waals surface area contributed by atoms with Crippen molar-refractivity contribution < 1.29 is 4.79 Å². The van der Waals surface area contributed by atoms with Gasteiger partial charge in [-0.25, -0.2) is 9.97 Å². The number of hydrogen-bond donors (Lipinski definition) is 1. The smallest absolute Gasteiger partial charge is 0.186 e. The number of rotatable bonds is 1. The first-order valence-electron chi connectivity index (χ1n) is 4.78. The van der Waals surface area contributed by atoms with Gasteiger partial charge in [-0.05, 0) is 0 Å². The van der Waals surface area contributed by atoms with E-state index in [1.807, 2.05) is 0 Å². The predicted molar refractivity (Wildman–Crippen MR) is 68.9 cm³/mol. The quantitative estimate of drug-likeness (QED) is 0.635. The van der Waals surface area contributed by atoms with E-state index in [2.05, 4.69) is 26.8 Å². The molecule has 0 unspecified atom stereocenters. The third kappa shape index (κ3) is 2.78. The average molecular weight is 266 g/mol. The van der Waals surface area contributed by atoms with Crippen LogP contribution in [0.5, 0.6) is 0 Å². The van der Waals surface area contributed by atoms with Gasteiger partial charge in [-0.2, -0.15) is 0 Å². The fourth-order valence-corrected chi connectivity index (χ4v) is 1.81. The van der Waals surface area contributed by atoms with Gasteiger partial charge in [0.15, 0.2) is 10.3 Å². The Morgan fingerprint density at radius 3 is 3.18 bits per heavy atom. The highest BCUT2D eigenvalue weighted by atomic mass is 35.5. The SMILES string of the molecule is CC(=O)SCC#Cc1c[nH]c2c(Cl)ncnc12. The zero-order chi connectivity index (χ0) is 12.3. The van der Waals surface area contributed by atoms with Crippen LogP contribution in [0, 0.1) is 11.8 Å². The molecule has 2 heterocycles. The molecule has 6 heteroatoms. The second-order valence-corrected chi connectivity index (χ2v) is 4.68. The number of hydrogen-bond acceptors (Lipinski definition) is 4. The maximum Gasteiger partial charge on any atom is 0.186 e. The lowest BCUT2D eigenvalue weighted by Gasteiger charge is -1.90. The Kier molecular flexibility index (Phi) is 3.67. The maximum absolute atomic E-state index is 10.7. The van der Waals surface area contributed by atoms with E-state index in [9.17, 15) is 4.79 Å². The Bertz CT molecular complexity index is 626. The average Bonchev–Trinajstić information content (AvgIpc) is 2.69. The van der Waals surface area contributed by atoms with E-state index >= 15 is 0 Å². The Morgan fingerprint density at radius 2 is 2.41 bits per heavy atom. The molecule has 1 N–H and O–H groups in total. The molecule has 0 aliphatic rings. The van der Waals surface area contributed by atoms with E-state index in [1.54, 1.807) is 6.20 Å². The molecule has 86 valence electrons. The number of nitrogens with zero attached hydrogens (tertiary/aromatic N) is 2. The molecule has 0 saturated carbocycles. The van der Waals surface area contributed by atoms with Gasteiger partial charge in [-0.1, -0.05) is 35.2 Å². The summed E-state index contributed by atoms with van der Waals surface area (Å²) in [6.07, 6.45) is 3.13. The van der Waals surface area contributed by atoms with E-state index < -0.39 is 0 Å². The molecule has 4 nitrogen and oxygen atoms in total. The minimum absolute atomic E-state index is 0.0589. The van der Waals surface area contributed by atoms with Crippen LogP contribution in [0.2, 0.25) is 5.15 Å². The molecule has 0 atom stereocenters. The normalized spacial score (nSPS) is 10.0. The standard InChI is InChI=1S/C11H8ClN3OS/c1-7(16)17-4-2-3-8-5-13-10-9(8)14-6-15-11(10)12/h5-6,13H,4H2,1H3. The van der Waals surface area contributed by atoms with Crippen LogP contribution in [-0.2, 0) is 4.79 Å². The maximum atomic E-state index is 10.7. The third-order valence-corrected chi connectivity index (χ3v) is 2.97. The molecular formula is C11H8ClN3OS. The number of aromatic amines is 1. The molecule has 2 aromatic rings. The van der Waals surface area contributed by atoms with Crippen LogP contribution in [-0.4, -0.2) is 25.8 Å². The summed E-state index contributed by atoms with van der Waals surface area (Å²) < 4.78 is 0. The van der Waals surface area contributed by atoms with Crippen LogP contribution in [0.1, 0.15) is 12.5 Å². The first-order valence-corrected chi connectivity index (χ1v) is 6.14. The molecule has 17 heavy (non-hydrogen) atoms. The Balaban J connectivity index is 2.25. The van der Waals surface area contributed by atoms with Gasteiger partial charge in [0.05, 0.1) is 11.3 Å². The van der Waals surface area contributed by atoms with Crippen LogP contribution < -0.4 is 0 Å². The van der Waals surface area contributed by atoms with Crippen LogP contribution in [0.3, 0.4) is 0 Å². The lowest BCUT2D eigenvalue weighted by Crippen LogP contribution is -1.83. The molecule has 2 rings (SSSR count). The van der Waals surface area contributed by atoms with Gasteiger partial charge in [0.1, 0.15) is 17.4 Å². The summed E-state index contributed by atoms with van der Waals surface area (Å²) in [4.78, 5) is 21.7. The molecule has 0 spiro atoms. The van der Waals surface area contributed by atoms with Crippen molar-refractivity contribution in [2.45, 2.75) is 6.92 Å². The summed E-state index contributed by atoms with van der Waals surface area (Å²) >= 11 is 7.07. The van der Waals surface area contributed by atoms with E-state index in [1.165, 1.54) is 25.0 Å². The van der Waals surface area contributed by atoms with Gasteiger partial charge in [0, 0.05) is 13.1 Å². The van der Waals surface area contributed by atoms with Crippen molar-refractivity contribution in [2.75, 3.05) is 5.75 Å². The number of carbonyl (C=O) groups is 1. The topological polar surface area (TPSA) is 58.6 Å². The van der Waals surface area contributed by atoms with Gasteiger partial charge >= 0.3 is 0 Å². The van der Waals surface area contributed by atoms with Crippen molar-refractivity contribution in [2.24, 2.45) is 0 Å². The lowest BCUT2D eigenvalue weighted by atomic mass is 10.3. The molecule has 0 radical (unpaired) electrons. The van der Waals surface area contributed by atoms with E-state index in [-0.39, 0.29) is 5.12 Å². The molecule has 0 saturated heterocycles. The van der Waals surface area contributed by atoms with Gasteiger partial charge in [-0.3, -0.25) is 4.79 Å². The lowest BCUT2D eigenvalue weighted by molar-refractivity contribution is -0.109. The number of aromatic nitrogens is 3. The molecule has 0 aliphatic heterocycles. The fourth-order valence-electron chi connectivity index (χ4n) is 1.27. The van der Waals surface area contributed by atoms with Gasteiger partial charge < -0.3 is 4.98 Å². The fraction of sp³-hybridized carbons (Fsp3) is 0.182. The summed E-state index contributed by atoms with van der Waals surface area (Å²) in [6.45, 7) is 1.52. The molecular weight excluding hydrogens is 258 g/mol. The second-order valence-electron chi connectivity index (χ2n) is 3.17. The van der Waals surface area contributed by atoms with E-state index in [4.69, 9.17) is 11.6 Å². The Hall–Kier alpha value is -1.51. The summed E-state index contributed by atoms with van der Waals surface area (Å²) in [5.74, 6) is 6.32. The van der Waals surface area contributed by atoms with E-state index in [0.29, 0.717) is 21.9 Å². The first kappa shape index (κ1) is 12.0. The van der Waals surface area contributed by atoms with E-state index in [0.717, 1.165) is 5.56 Å². The number of fused-ring (bicyclic) bond motifs is 1. The van der Waals surface area contributed by atoms with Crippen molar-refractivity contribution >= 4 is 39.5 Å². The van der Waals surface area contributed by atoms with Crippen molar-refractivity contribution in [1.29, 1.82) is 0 Å². The highest BCUT2D eigenvalue weighted by Crippen LogP contribution is 2.20. The Labute approximate surface area is 107 Å². The van der Waals surface area contributed by atoms with Crippen molar-refractivity contribution in [3.8, 4) is 11.8 Å². The molecule has 2 aromatic heterocycles. The van der Waals surface area contributed by atoms with Gasteiger partial charge in [-0.15, -0.1) is 0 Å². The minimum Gasteiger partial charge on any atom is -0.356 e. The molecule has 0 aliphatic carbocycles. The van der Waals surface area contributed by atoms with Crippen molar-refractivity contribution in [3.05, 3.63) is 23.2 Å². The number of halogens is 1. The molecule has 0 amide bonds. The molecule has 0 fully saturated rings. The van der Waals surface area contributed by atoms with Crippen LogP contribution in [0.4, 0.5) is 0 Å². The van der Waals surface area contributed by atoms with Crippen molar-refractivity contribution in [1.82, 2.24) is 15.0 Å². The second kappa shape index (κ2) is 5.21. The molecule has 0 bridgehead atoms. The van der Waals surface area contributed by atoms with Gasteiger partial charge in [0.2, 0.25) is 0 Å². The first-order chi connectivity index (χ1) is 8.18. The highest BCUT2D eigenvalue weighted by molar-refractivity contribution is 8.13. The summed E-state index contributed by atoms with van der Waals surface area (Å²) in [5, 5.41) is 0.435. The third-order valence-electron chi connectivity index (χ3n) is 1.99. The summed E-state index contributed by atoms with van der Waals surface area (Å²) in [6, 6.07) is 0. The summed E-state index contributed by atoms with van der Waals surface area (Å²) in [7, 11) is 0. The van der Waals surface area contributed by atoms with Crippen molar-refractivity contribution in [3.63, 3.8) is 0 Å². The van der Waals surface area contributed by atoms with Gasteiger partial charge in [0.25, 0.3) is 0 Å². The minimum atomic E-state index is 0.0589. The monoisotopic (exact) mass is 265 g/mol.